The molecule has 1 atom stereocenters. The predicted octanol–water partition coefficient (Wildman–Crippen LogP) is 2.67. The Morgan fingerprint density at radius 2 is 1.33 bits per heavy atom. The van der Waals surface area contributed by atoms with Gasteiger partial charge in [0.15, 0.2) is 0 Å². The molecule has 30 heavy (non-hydrogen) atoms. The van der Waals surface area contributed by atoms with E-state index in [1.807, 2.05) is 0 Å². The van der Waals surface area contributed by atoms with Crippen LogP contribution in [0.1, 0.15) is 33.2 Å². The summed E-state index contributed by atoms with van der Waals surface area (Å²) in [6, 6.07) is 8.80. The minimum absolute atomic E-state index is 0. The number of halogens is 7. The number of aliphatic hydroxyl groups excluding tert-OH is 1. The molecule has 160 valence electrons. The topological polar surface area (TPSA) is 37.3 Å². The summed E-state index contributed by atoms with van der Waals surface area (Å²) < 4.78 is 72.6. The van der Waals surface area contributed by atoms with E-state index >= 15 is 0 Å². The van der Waals surface area contributed by atoms with Crippen LogP contribution in [0.15, 0.2) is 67.8 Å². The van der Waals surface area contributed by atoms with Crippen molar-refractivity contribution in [3.05, 3.63) is 96.6 Å². The number of rotatable bonds is 3. The van der Waals surface area contributed by atoms with Gasteiger partial charge in [-0.1, -0.05) is 30.3 Å². The molecule has 2 nitrogen and oxygen atoms in total. The van der Waals surface area contributed by atoms with Crippen LogP contribution < -0.4 is 17.0 Å². The Balaban J connectivity index is -0.000000426. The molecule has 0 aromatic heterocycles. The maximum Gasteiger partial charge on any atom is 2.00 e. The van der Waals surface area contributed by atoms with Gasteiger partial charge in [-0.3, -0.25) is 11.4 Å². The number of hydrogen-bond acceptors (Lipinski definition) is 2. The van der Waals surface area contributed by atoms with E-state index in [0.717, 1.165) is 24.3 Å². The third-order valence-electron chi connectivity index (χ3n) is 3.13. The second-order valence-electron chi connectivity index (χ2n) is 5.04. The fourth-order valence-electron chi connectivity index (χ4n) is 1.82. The van der Waals surface area contributed by atoms with Gasteiger partial charge in [-0.05, 0) is 29.8 Å². The normalized spacial score (nSPS) is 11.0. The van der Waals surface area contributed by atoms with Crippen LogP contribution in [0.2, 0.25) is 0 Å². The van der Waals surface area contributed by atoms with Gasteiger partial charge in [-0.2, -0.15) is 26.3 Å². The van der Waals surface area contributed by atoms with Crippen molar-refractivity contribution in [3.8, 4) is 0 Å². The molecular weight excluding hydrogens is 490 g/mol. The van der Waals surface area contributed by atoms with Crippen LogP contribution in [0, 0.1) is 6.58 Å². The molecule has 0 amide bonds. The Labute approximate surface area is 197 Å². The summed E-state index contributed by atoms with van der Waals surface area (Å²) >= 11 is 0. The first kappa shape index (κ1) is 33.0. The maximum atomic E-state index is 12.2. The zero-order valence-corrected chi connectivity index (χ0v) is 18.6. The second-order valence-corrected chi connectivity index (χ2v) is 5.04. The number of carbonyl (C=O) groups is 1. The number of aldehydes is 1. The van der Waals surface area contributed by atoms with Crippen LogP contribution in [0.5, 0.6) is 0 Å². The predicted molar refractivity (Wildman–Crippen MR) is 99.1 cm³/mol. The van der Waals surface area contributed by atoms with E-state index in [0.29, 0.717) is 6.29 Å². The molecule has 0 aliphatic heterocycles. The molecule has 0 spiro atoms. The summed E-state index contributed by atoms with van der Waals surface area (Å²) in [5.74, 6) is 0. The molecule has 0 saturated heterocycles. The fourth-order valence-corrected chi connectivity index (χ4v) is 1.82. The van der Waals surface area contributed by atoms with Crippen LogP contribution in [-0.4, -0.2) is 34.4 Å². The summed E-state index contributed by atoms with van der Waals surface area (Å²) in [6.45, 7) is 10.3. The zero-order valence-electron chi connectivity index (χ0n) is 15.6. The van der Waals surface area contributed by atoms with Gasteiger partial charge >= 0.3 is 35.4 Å². The Kier molecular flexibility index (Phi) is 16.8. The molecule has 2 rings (SSSR count). The molecule has 0 aliphatic carbocycles. The van der Waals surface area contributed by atoms with Crippen LogP contribution in [0.3, 0.4) is 0 Å². The van der Waals surface area contributed by atoms with Gasteiger partial charge in [-0.15, -0.1) is 6.58 Å². The molecule has 2 aromatic rings. The molecule has 1 N–H and O–H groups in total. The van der Waals surface area contributed by atoms with Crippen LogP contribution in [-0.2, 0) is 12.4 Å². The van der Waals surface area contributed by atoms with E-state index in [9.17, 15) is 36.2 Å². The standard InChI is InChI=1S/C10H9F3O.C8H5F3O.C2H3.BrH.Mg/c1-2-9(14)7-4-3-5-8(6-7)10(11,12)13;9-8(10,11)7-3-1-2-6(4-7)5-12;1-2;;/h2-6,9,14H,1H2;1-5H;1H,2H2;1H;/q;;-1;;+2/p-1. The summed E-state index contributed by atoms with van der Waals surface area (Å²) in [5, 5.41) is 9.23. The van der Waals surface area contributed by atoms with Gasteiger partial charge in [0.1, 0.15) is 6.29 Å². The first-order valence-electron chi connectivity index (χ1n) is 7.50. The molecule has 0 bridgehead atoms. The van der Waals surface area contributed by atoms with E-state index in [4.69, 9.17) is 0 Å². The number of carbonyl (C=O) groups excluding carboxylic acids is 1. The Morgan fingerprint density at radius 1 is 0.900 bits per heavy atom. The molecular formula is C20H17BrF6MgO2. The largest absolute Gasteiger partial charge is 2.00 e. The average Bonchev–Trinajstić information content (AvgIpc) is 2.68. The van der Waals surface area contributed by atoms with Gasteiger partial charge in [0.2, 0.25) is 0 Å². The van der Waals surface area contributed by atoms with Crippen molar-refractivity contribution in [2.75, 3.05) is 0 Å². The molecule has 0 saturated carbocycles. The van der Waals surface area contributed by atoms with E-state index in [1.165, 1.54) is 30.3 Å². The van der Waals surface area contributed by atoms with Gasteiger partial charge in [0, 0.05) is 5.56 Å². The summed E-state index contributed by atoms with van der Waals surface area (Å²) in [7, 11) is 0. The van der Waals surface area contributed by atoms with Crippen molar-refractivity contribution in [2.24, 2.45) is 0 Å². The molecule has 0 aliphatic rings. The first-order chi connectivity index (χ1) is 13.0. The molecule has 0 fully saturated rings. The summed E-state index contributed by atoms with van der Waals surface area (Å²) in [4.78, 5) is 10.1. The SMILES string of the molecule is C=CC(O)c1cccc(C(F)(F)F)c1.O=Cc1cccc(C(F)(F)F)c1.[Br-].[CH-]=C.[Mg+2]. The smallest absolute Gasteiger partial charge is 1.00 e. The average molecular weight is 508 g/mol. The van der Waals surface area contributed by atoms with Crippen molar-refractivity contribution >= 4 is 29.3 Å². The monoisotopic (exact) mass is 506 g/mol. The van der Waals surface area contributed by atoms with E-state index < -0.39 is 29.6 Å². The third-order valence-corrected chi connectivity index (χ3v) is 3.13. The van der Waals surface area contributed by atoms with Gasteiger partial charge in [-0.25, -0.2) is 0 Å². The van der Waals surface area contributed by atoms with Crippen molar-refractivity contribution < 1.29 is 53.2 Å². The van der Waals surface area contributed by atoms with Crippen molar-refractivity contribution in [1.82, 2.24) is 0 Å². The third kappa shape index (κ3) is 11.5. The number of benzene rings is 2. The first-order valence-corrected chi connectivity index (χ1v) is 7.50. The van der Waals surface area contributed by atoms with Crippen LogP contribution in [0.25, 0.3) is 0 Å². The van der Waals surface area contributed by atoms with Crippen molar-refractivity contribution in [1.29, 1.82) is 0 Å². The Bertz CT molecular complexity index is 778. The van der Waals surface area contributed by atoms with Gasteiger partial charge in [0.25, 0.3) is 0 Å². The zero-order chi connectivity index (χ0) is 22.0. The van der Waals surface area contributed by atoms with E-state index in [-0.39, 0.29) is 51.2 Å². The van der Waals surface area contributed by atoms with Crippen molar-refractivity contribution in [2.45, 2.75) is 18.5 Å². The Morgan fingerprint density at radius 3 is 1.73 bits per heavy atom. The van der Waals surface area contributed by atoms with Gasteiger partial charge < -0.3 is 28.7 Å². The van der Waals surface area contributed by atoms with Crippen LogP contribution >= 0.6 is 0 Å². The minimum atomic E-state index is -4.38. The molecule has 1 unspecified atom stereocenters. The minimum Gasteiger partial charge on any atom is -1.00 e. The second kappa shape index (κ2) is 15.2. The number of alkyl halides is 6. The quantitative estimate of drug-likeness (QED) is 0.228. The van der Waals surface area contributed by atoms with Crippen molar-refractivity contribution in [3.63, 3.8) is 0 Å². The molecule has 0 heterocycles. The maximum absolute atomic E-state index is 12.2. The summed E-state index contributed by atoms with van der Waals surface area (Å²) in [5.41, 5.74) is -1.34. The molecule has 10 heteroatoms. The summed E-state index contributed by atoms with van der Waals surface area (Å²) in [6.07, 6.45) is -8.25. The Hall–Kier alpha value is -1.62. The van der Waals surface area contributed by atoms with Gasteiger partial charge in [0.05, 0.1) is 17.2 Å². The number of aliphatic hydroxyl groups is 1. The van der Waals surface area contributed by atoms with Crippen LogP contribution in [0.4, 0.5) is 26.3 Å². The molecule has 0 radical (unpaired) electrons. The molecule has 2 aromatic carbocycles. The number of hydrogen-bond donors (Lipinski definition) is 1. The fraction of sp³-hybridized carbons (Fsp3) is 0.150. The van der Waals surface area contributed by atoms with E-state index in [2.05, 4.69) is 19.7 Å². The van der Waals surface area contributed by atoms with E-state index in [1.54, 1.807) is 0 Å².